The molecule has 1 aromatic carbocycles. The van der Waals surface area contributed by atoms with Gasteiger partial charge in [0, 0.05) is 31.7 Å². The summed E-state index contributed by atoms with van der Waals surface area (Å²) >= 11 is 0. The monoisotopic (exact) mass is 330 g/mol. The minimum Gasteiger partial charge on any atom is -0.450 e. The fourth-order valence-electron chi connectivity index (χ4n) is 2.62. The van der Waals surface area contributed by atoms with Crippen molar-refractivity contribution < 1.29 is 13.9 Å². The maximum atomic E-state index is 11.7. The van der Waals surface area contributed by atoms with Crippen LogP contribution in [0.5, 0.6) is 0 Å². The molecule has 0 bridgehead atoms. The maximum absolute atomic E-state index is 11.7. The first-order valence-corrected chi connectivity index (χ1v) is 8.19. The second-order valence-corrected chi connectivity index (χ2v) is 5.83. The predicted octanol–water partition coefficient (Wildman–Crippen LogP) is 2.32. The fraction of sp³-hybridized carbons (Fsp3) is 0.471. The van der Waals surface area contributed by atoms with Crippen molar-refractivity contribution in [3.63, 3.8) is 0 Å². The lowest BCUT2D eigenvalue weighted by atomic mass is 10.1. The lowest BCUT2D eigenvalue weighted by molar-refractivity contribution is 0.0756. The average molecular weight is 330 g/mol. The van der Waals surface area contributed by atoms with Gasteiger partial charge in [0.25, 0.3) is 0 Å². The molecule has 2 heterocycles. The van der Waals surface area contributed by atoms with Gasteiger partial charge >= 0.3 is 6.09 Å². The number of carbonyl (C=O) groups excluding carboxylic acids is 1. The van der Waals surface area contributed by atoms with Crippen LogP contribution in [0.15, 0.2) is 28.7 Å². The van der Waals surface area contributed by atoms with E-state index in [0.717, 1.165) is 18.7 Å². The first-order chi connectivity index (χ1) is 11.7. The van der Waals surface area contributed by atoms with E-state index in [-0.39, 0.29) is 6.09 Å². The highest BCUT2D eigenvalue weighted by Crippen LogP contribution is 2.19. The topological polar surface area (TPSA) is 71.7 Å². The quantitative estimate of drug-likeness (QED) is 0.857. The van der Waals surface area contributed by atoms with Gasteiger partial charge in [0.2, 0.25) is 11.8 Å². The van der Waals surface area contributed by atoms with Crippen LogP contribution in [-0.4, -0.2) is 58.9 Å². The Morgan fingerprint density at radius 3 is 2.54 bits per heavy atom. The van der Waals surface area contributed by atoms with Gasteiger partial charge in [-0.25, -0.2) is 4.79 Å². The first kappa shape index (κ1) is 16.4. The average Bonchev–Trinajstić information content (AvgIpc) is 3.05. The molecule has 0 aliphatic carbocycles. The molecule has 1 aromatic heterocycles. The number of benzene rings is 1. The summed E-state index contributed by atoms with van der Waals surface area (Å²) in [6, 6.07) is 8.00. The number of hydrogen-bond acceptors (Lipinski definition) is 6. The summed E-state index contributed by atoms with van der Waals surface area (Å²) in [4.78, 5) is 15.6. The largest absolute Gasteiger partial charge is 0.450 e. The second kappa shape index (κ2) is 7.44. The van der Waals surface area contributed by atoms with Crippen LogP contribution in [0.3, 0.4) is 0 Å². The molecule has 3 rings (SSSR count). The van der Waals surface area contributed by atoms with Gasteiger partial charge in [-0.1, -0.05) is 17.7 Å². The molecule has 1 amide bonds. The van der Waals surface area contributed by atoms with Gasteiger partial charge < -0.3 is 14.1 Å². The number of hydrogen-bond donors (Lipinski definition) is 0. The molecule has 7 heteroatoms. The van der Waals surface area contributed by atoms with E-state index in [4.69, 9.17) is 9.15 Å². The van der Waals surface area contributed by atoms with Gasteiger partial charge in [0.15, 0.2) is 0 Å². The Morgan fingerprint density at radius 1 is 1.17 bits per heavy atom. The van der Waals surface area contributed by atoms with Crippen LogP contribution in [0.1, 0.15) is 18.4 Å². The van der Waals surface area contributed by atoms with Crippen LogP contribution >= 0.6 is 0 Å². The molecule has 1 fully saturated rings. The third-order valence-electron chi connectivity index (χ3n) is 4.02. The van der Waals surface area contributed by atoms with Gasteiger partial charge in [-0.15, -0.1) is 10.2 Å². The highest BCUT2D eigenvalue weighted by atomic mass is 16.6. The zero-order valence-corrected chi connectivity index (χ0v) is 14.1. The Labute approximate surface area is 141 Å². The summed E-state index contributed by atoms with van der Waals surface area (Å²) in [6.45, 7) is 7.68. The Kier molecular flexibility index (Phi) is 5.10. The summed E-state index contributed by atoms with van der Waals surface area (Å²) in [6.07, 6.45) is -0.239. The zero-order chi connectivity index (χ0) is 16.9. The van der Waals surface area contributed by atoms with Crippen molar-refractivity contribution in [3.05, 3.63) is 35.7 Å². The van der Waals surface area contributed by atoms with Gasteiger partial charge in [-0.05, 0) is 26.0 Å². The Morgan fingerprint density at radius 2 is 1.88 bits per heavy atom. The number of aromatic nitrogens is 2. The lowest BCUT2D eigenvalue weighted by Gasteiger charge is -2.33. The Bertz CT molecular complexity index is 675. The predicted molar refractivity (Wildman–Crippen MR) is 88.3 cm³/mol. The minimum absolute atomic E-state index is 0.239. The third-order valence-corrected chi connectivity index (χ3v) is 4.02. The van der Waals surface area contributed by atoms with Crippen molar-refractivity contribution in [2.45, 2.75) is 20.4 Å². The molecular formula is C17H22N4O3. The number of nitrogens with zero attached hydrogens (tertiary/aromatic N) is 4. The third kappa shape index (κ3) is 3.91. The number of ether oxygens (including phenoxy) is 1. The molecule has 0 radical (unpaired) electrons. The van der Waals surface area contributed by atoms with E-state index < -0.39 is 0 Å². The second-order valence-electron chi connectivity index (χ2n) is 5.83. The van der Waals surface area contributed by atoms with Crippen LogP contribution in [0, 0.1) is 6.92 Å². The van der Waals surface area contributed by atoms with Crippen molar-refractivity contribution in [1.29, 1.82) is 0 Å². The molecule has 0 N–H and O–H groups in total. The van der Waals surface area contributed by atoms with Crippen molar-refractivity contribution >= 4 is 6.09 Å². The Balaban J connectivity index is 1.54. The van der Waals surface area contributed by atoms with E-state index in [0.29, 0.717) is 38.0 Å². The summed E-state index contributed by atoms with van der Waals surface area (Å²) in [5.41, 5.74) is 2.12. The molecule has 2 aromatic rings. The molecule has 1 aliphatic heterocycles. The summed E-state index contributed by atoms with van der Waals surface area (Å²) in [5.74, 6) is 1.13. The normalized spacial score (nSPS) is 15.5. The zero-order valence-electron chi connectivity index (χ0n) is 14.1. The molecule has 0 spiro atoms. The summed E-state index contributed by atoms with van der Waals surface area (Å²) in [7, 11) is 0. The van der Waals surface area contributed by atoms with E-state index in [2.05, 4.69) is 15.1 Å². The summed E-state index contributed by atoms with van der Waals surface area (Å²) < 4.78 is 10.8. The molecule has 0 atom stereocenters. The van der Waals surface area contributed by atoms with E-state index in [1.165, 1.54) is 5.56 Å². The van der Waals surface area contributed by atoms with E-state index in [1.54, 1.807) is 4.90 Å². The number of amides is 1. The van der Waals surface area contributed by atoms with Crippen molar-refractivity contribution in [1.82, 2.24) is 20.0 Å². The van der Waals surface area contributed by atoms with Crippen molar-refractivity contribution in [2.75, 3.05) is 32.8 Å². The van der Waals surface area contributed by atoms with Gasteiger partial charge in [0.05, 0.1) is 13.2 Å². The number of carbonyl (C=O) groups is 1. The molecule has 24 heavy (non-hydrogen) atoms. The van der Waals surface area contributed by atoms with Crippen LogP contribution in [0.25, 0.3) is 11.5 Å². The van der Waals surface area contributed by atoms with Crippen molar-refractivity contribution in [3.8, 4) is 11.5 Å². The van der Waals surface area contributed by atoms with Crippen molar-refractivity contribution in [2.24, 2.45) is 0 Å². The number of aryl methyl sites for hydroxylation is 1. The molecular weight excluding hydrogens is 308 g/mol. The van der Waals surface area contributed by atoms with Gasteiger partial charge in [-0.2, -0.15) is 0 Å². The highest BCUT2D eigenvalue weighted by Gasteiger charge is 2.23. The van der Waals surface area contributed by atoms with Gasteiger partial charge in [0.1, 0.15) is 0 Å². The molecule has 128 valence electrons. The standard InChI is InChI=1S/C17H22N4O3/c1-3-23-17(22)21-10-8-20(9-11-21)12-15-18-19-16(24-15)14-6-4-13(2)5-7-14/h4-7H,3,8-12H2,1-2H3. The Hall–Kier alpha value is -2.41. The highest BCUT2D eigenvalue weighted by molar-refractivity contribution is 5.67. The van der Waals surface area contributed by atoms with Crippen LogP contribution in [0.2, 0.25) is 0 Å². The van der Waals surface area contributed by atoms with Crippen LogP contribution < -0.4 is 0 Å². The van der Waals surface area contributed by atoms with Crippen LogP contribution in [0.4, 0.5) is 4.79 Å². The van der Waals surface area contributed by atoms with Crippen LogP contribution in [-0.2, 0) is 11.3 Å². The van der Waals surface area contributed by atoms with E-state index in [9.17, 15) is 4.79 Å². The molecule has 1 aliphatic rings. The minimum atomic E-state index is -0.239. The smallest absolute Gasteiger partial charge is 0.409 e. The molecule has 0 saturated carbocycles. The maximum Gasteiger partial charge on any atom is 0.409 e. The van der Waals surface area contributed by atoms with E-state index >= 15 is 0 Å². The molecule has 7 nitrogen and oxygen atoms in total. The summed E-state index contributed by atoms with van der Waals surface area (Å²) in [5, 5.41) is 8.25. The molecule has 1 saturated heterocycles. The lowest BCUT2D eigenvalue weighted by Crippen LogP contribution is -2.48. The van der Waals surface area contributed by atoms with E-state index in [1.807, 2.05) is 38.1 Å². The number of piperazine rings is 1. The fourth-order valence-corrected chi connectivity index (χ4v) is 2.62. The van der Waals surface area contributed by atoms with Gasteiger partial charge in [-0.3, -0.25) is 4.90 Å². The SMILES string of the molecule is CCOC(=O)N1CCN(Cc2nnc(-c3ccc(C)cc3)o2)CC1. The number of rotatable bonds is 4. The molecule has 0 unspecified atom stereocenters. The first-order valence-electron chi connectivity index (χ1n) is 8.19.